The number of H-pyrrole nitrogens is 2. The van der Waals surface area contributed by atoms with Crippen molar-refractivity contribution < 1.29 is 9.59 Å². The molecule has 1 aliphatic carbocycles. The summed E-state index contributed by atoms with van der Waals surface area (Å²) in [5.74, 6) is 0.258. The Hall–Kier alpha value is -2.71. The second-order valence-electron chi connectivity index (χ2n) is 6.59. The van der Waals surface area contributed by atoms with Crippen molar-refractivity contribution in [3.8, 4) is 0 Å². The monoisotopic (exact) mass is 329 g/mol. The normalized spacial score (nSPS) is 23.6. The van der Waals surface area contributed by atoms with Gasteiger partial charge in [-0.05, 0) is 25.8 Å². The molecule has 9 nitrogen and oxygen atoms in total. The van der Waals surface area contributed by atoms with Crippen LogP contribution in [0.3, 0.4) is 0 Å². The number of rotatable bonds is 4. The average molecular weight is 329 g/mol. The minimum absolute atomic E-state index is 0.195. The number of hydrogen-bond acceptors (Lipinski definition) is 5. The molecule has 1 saturated heterocycles. The molecule has 2 aliphatic rings. The zero-order valence-corrected chi connectivity index (χ0v) is 13.3. The predicted octanol–water partition coefficient (Wildman–Crippen LogP) is 0.0547. The Balaban J connectivity index is 1.55. The highest BCUT2D eigenvalue weighted by Crippen LogP contribution is 2.39. The molecule has 1 aliphatic heterocycles. The van der Waals surface area contributed by atoms with Crippen molar-refractivity contribution in [3.63, 3.8) is 0 Å². The van der Waals surface area contributed by atoms with Crippen molar-refractivity contribution in [3.05, 3.63) is 29.1 Å². The number of aromatic amines is 2. The average Bonchev–Trinajstić information content (AvgIpc) is 3.00. The van der Waals surface area contributed by atoms with Gasteiger partial charge in [0.1, 0.15) is 11.5 Å². The van der Waals surface area contributed by atoms with Gasteiger partial charge in [-0.2, -0.15) is 10.2 Å². The van der Waals surface area contributed by atoms with Crippen molar-refractivity contribution >= 4 is 11.8 Å². The Morgan fingerprint density at radius 1 is 1.25 bits per heavy atom. The van der Waals surface area contributed by atoms with Gasteiger partial charge in [-0.25, -0.2) is 4.98 Å². The molecule has 1 saturated carbocycles. The third kappa shape index (κ3) is 2.55. The lowest BCUT2D eigenvalue weighted by atomic mass is 9.95. The van der Waals surface area contributed by atoms with Gasteiger partial charge in [0.2, 0.25) is 5.91 Å². The lowest BCUT2D eigenvalue weighted by molar-refractivity contribution is -0.121. The molecule has 9 heteroatoms. The number of carbonyl (C=O) groups is 2. The second-order valence-corrected chi connectivity index (χ2v) is 6.59. The van der Waals surface area contributed by atoms with Crippen molar-refractivity contribution in [1.82, 2.24) is 30.3 Å². The Kier molecular flexibility index (Phi) is 3.36. The SMILES string of the molecule is Cc1nc(C2CN(C(=O)c3cc(C4CC4)[nH]n3)CC2C(N)=O)n[nH]1. The van der Waals surface area contributed by atoms with Crippen LogP contribution in [0, 0.1) is 12.8 Å². The highest BCUT2D eigenvalue weighted by molar-refractivity contribution is 5.93. The summed E-state index contributed by atoms with van der Waals surface area (Å²) in [5.41, 5.74) is 6.91. The minimum Gasteiger partial charge on any atom is -0.369 e. The maximum absolute atomic E-state index is 12.7. The fraction of sp³-hybridized carbons (Fsp3) is 0.533. The summed E-state index contributed by atoms with van der Waals surface area (Å²) in [4.78, 5) is 30.4. The van der Waals surface area contributed by atoms with E-state index in [9.17, 15) is 9.59 Å². The molecule has 2 aromatic rings. The fourth-order valence-corrected chi connectivity index (χ4v) is 3.26. The number of likely N-dealkylation sites (tertiary alicyclic amines) is 1. The summed E-state index contributed by atoms with van der Waals surface area (Å²) in [7, 11) is 0. The van der Waals surface area contributed by atoms with Gasteiger partial charge in [0, 0.05) is 24.7 Å². The fourth-order valence-electron chi connectivity index (χ4n) is 3.26. The van der Waals surface area contributed by atoms with Gasteiger partial charge in [0.15, 0.2) is 5.82 Å². The molecule has 0 bridgehead atoms. The van der Waals surface area contributed by atoms with Crippen molar-refractivity contribution in [1.29, 1.82) is 0 Å². The first-order valence-corrected chi connectivity index (χ1v) is 8.05. The van der Waals surface area contributed by atoms with Crippen LogP contribution < -0.4 is 5.73 Å². The second kappa shape index (κ2) is 5.43. The molecule has 0 aromatic carbocycles. The lowest BCUT2D eigenvalue weighted by Crippen LogP contribution is -2.32. The van der Waals surface area contributed by atoms with Crippen LogP contribution in [0.25, 0.3) is 0 Å². The van der Waals surface area contributed by atoms with Gasteiger partial charge in [-0.15, -0.1) is 0 Å². The molecule has 4 N–H and O–H groups in total. The smallest absolute Gasteiger partial charge is 0.274 e. The summed E-state index contributed by atoms with van der Waals surface area (Å²) in [6.07, 6.45) is 2.27. The number of nitrogens with one attached hydrogen (secondary N) is 2. The van der Waals surface area contributed by atoms with Crippen LogP contribution in [0.4, 0.5) is 0 Å². The van der Waals surface area contributed by atoms with Crippen molar-refractivity contribution in [2.24, 2.45) is 11.7 Å². The van der Waals surface area contributed by atoms with Crippen molar-refractivity contribution in [2.75, 3.05) is 13.1 Å². The molecule has 0 spiro atoms. The van der Waals surface area contributed by atoms with Crippen LogP contribution >= 0.6 is 0 Å². The molecule has 24 heavy (non-hydrogen) atoms. The Morgan fingerprint density at radius 3 is 2.67 bits per heavy atom. The summed E-state index contributed by atoms with van der Waals surface area (Å²) in [6, 6.07) is 1.81. The van der Waals surface area contributed by atoms with E-state index < -0.39 is 11.8 Å². The van der Waals surface area contributed by atoms with Gasteiger partial charge in [-0.3, -0.25) is 19.8 Å². The number of nitrogens with zero attached hydrogens (tertiary/aromatic N) is 4. The number of carbonyl (C=O) groups excluding carboxylic acids is 2. The molecule has 2 unspecified atom stereocenters. The van der Waals surface area contributed by atoms with Crippen LogP contribution in [0.15, 0.2) is 6.07 Å². The molecule has 3 heterocycles. The van der Waals surface area contributed by atoms with Crippen LogP contribution in [0.2, 0.25) is 0 Å². The number of primary amides is 1. The number of nitrogens with two attached hydrogens (primary N) is 1. The first kappa shape index (κ1) is 14.9. The molecule has 126 valence electrons. The molecular weight excluding hydrogens is 310 g/mol. The van der Waals surface area contributed by atoms with E-state index in [4.69, 9.17) is 5.73 Å². The maximum atomic E-state index is 12.7. The summed E-state index contributed by atoms with van der Waals surface area (Å²) >= 11 is 0. The lowest BCUT2D eigenvalue weighted by Gasteiger charge is -2.13. The molecule has 4 rings (SSSR count). The van der Waals surface area contributed by atoms with E-state index in [1.54, 1.807) is 11.8 Å². The molecular formula is C15H19N7O2. The summed E-state index contributed by atoms with van der Waals surface area (Å²) in [6.45, 7) is 2.41. The van der Waals surface area contributed by atoms with E-state index >= 15 is 0 Å². The topological polar surface area (TPSA) is 134 Å². The molecule has 2 fully saturated rings. The molecule has 2 amide bonds. The van der Waals surface area contributed by atoms with Gasteiger partial charge >= 0.3 is 0 Å². The minimum atomic E-state index is -0.494. The van der Waals surface area contributed by atoms with E-state index in [0.29, 0.717) is 29.8 Å². The number of aromatic nitrogens is 5. The van der Waals surface area contributed by atoms with Crippen LogP contribution in [-0.4, -0.2) is 55.2 Å². The number of amides is 2. The number of hydrogen-bond donors (Lipinski definition) is 3. The summed E-state index contributed by atoms with van der Waals surface area (Å²) < 4.78 is 0. The highest BCUT2D eigenvalue weighted by Gasteiger charge is 2.42. The van der Waals surface area contributed by atoms with Crippen LogP contribution in [0.5, 0.6) is 0 Å². The Labute approximate surface area is 138 Å². The van der Waals surface area contributed by atoms with Gasteiger partial charge < -0.3 is 10.6 Å². The Morgan fingerprint density at radius 2 is 2.04 bits per heavy atom. The van der Waals surface area contributed by atoms with Crippen molar-refractivity contribution in [2.45, 2.75) is 31.6 Å². The molecule has 2 aromatic heterocycles. The van der Waals surface area contributed by atoms with E-state index in [0.717, 1.165) is 18.5 Å². The highest BCUT2D eigenvalue weighted by atomic mass is 16.2. The largest absolute Gasteiger partial charge is 0.369 e. The van der Waals surface area contributed by atoms with Gasteiger partial charge in [0.25, 0.3) is 5.91 Å². The van der Waals surface area contributed by atoms with E-state index in [-0.39, 0.29) is 18.4 Å². The first-order chi connectivity index (χ1) is 11.5. The van der Waals surface area contributed by atoms with E-state index in [2.05, 4.69) is 25.4 Å². The molecule has 2 atom stereocenters. The molecule has 0 radical (unpaired) electrons. The van der Waals surface area contributed by atoms with Gasteiger partial charge in [0.05, 0.1) is 11.8 Å². The predicted molar refractivity (Wildman–Crippen MR) is 83.0 cm³/mol. The first-order valence-electron chi connectivity index (χ1n) is 8.05. The third-order valence-electron chi connectivity index (χ3n) is 4.75. The summed E-state index contributed by atoms with van der Waals surface area (Å²) in [5, 5.41) is 14.0. The maximum Gasteiger partial charge on any atom is 0.274 e. The van der Waals surface area contributed by atoms with Gasteiger partial charge in [-0.1, -0.05) is 0 Å². The number of aryl methyl sites for hydroxylation is 1. The van der Waals surface area contributed by atoms with Crippen LogP contribution in [0.1, 0.15) is 52.5 Å². The zero-order chi connectivity index (χ0) is 16.8. The third-order valence-corrected chi connectivity index (χ3v) is 4.75. The quantitative estimate of drug-likeness (QED) is 0.729. The zero-order valence-electron chi connectivity index (χ0n) is 13.3. The van der Waals surface area contributed by atoms with E-state index in [1.165, 1.54) is 0 Å². The standard InChI is InChI=1S/C15H19N7O2/c1-7-17-14(21-18-7)10-6-22(5-9(10)13(16)23)15(24)12-4-11(19-20-12)8-2-3-8/h4,8-10H,2-3,5-6H2,1H3,(H2,16,23)(H,19,20)(H,17,18,21). The van der Waals surface area contributed by atoms with Crippen LogP contribution in [-0.2, 0) is 4.79 Å². The van der Waals surface area contributed by atoms with E-state index in [1.807, 2.05) is 6.07 Å². The Bertz CT molecular complexity index is 791.